The molecule has 0 aromatic heterocycles. The fraction of sp³-hybridized carbons (Fsp3) is 0.364. The first kappa shape index (κ1) is 15.9. The molecule has 100 valence electrons. The molecule has 0 atom stereocenters. The fourth-order valence-electron chi connectivity index (χ4n) is 1.43. The smallest absolute Gasteiger partial charge is 0.106 e. The summed E-state index contributed by atoms with van der Waals surface area (Å²) in [6.45, 7) is 4.70. The summed E-state index contributed by atoms with van der Waals surface area (Å²) in [5.74, 6) is 0. The predicted molar refractivity (Wildman–Crippen MR) is 80.1 cm³/mol. The third kappa shape index (κ3) is 4.49. The van der Waals surface area contributed by atoms with Crippen LogP contribution in [0.2, 0.25) is 0 Å². The summed E-state index contributed by atoms with van der Waals surface area (Å²) < 4.78 is 4.44. The van der Waals surface area contributed by atoms with Gasteiger partial charge in [0, 0.05) is 22.3 Å². The third-order valence-corrected chi connectivity index (χ3v) is 3.81. The zero-order chi connectivity index (χ0) is 13.5. The molecular weight excluding hydrogens is 338 g/mol. The van der Waals surface area contributed by atoms with Crippen molar-refractivity contribution in [3.8, 4) is 0 Å². The van der Waals surface area contributed by atoms with Gasteiger partial charge in [-0.1, -0.05) is 33.2 Å². The lowest BCUT2D eigenvalue weighted by Gasteiger charge is -2.12. The third-order valence-electron chi connectivity index (χ3n) is 2.30. The molecule has 0 bridgehead atoms. The second kappa shape index (κ2) is 8.08. The van der Waals surface area contributed by atoms with Crippen molar-refractivity contribution in [2.24, 2.45) is 0 Å². The summed E-state index contributed by atoms with van der Waals surface area (Å²) in [6.07, 6.45) is 0. The molecule has 0 fully saturated rings. The number of nitrogens with one attached hydrogen (secondary N) is 1. The molecule has 0 spiro atoms. The summed E-state index contributed by atoms with van der Waals surface area (Å²) in [4.78, 5) is 1.60. The van der Waals surface area contributed by atoms with Crippen LogP contribution in [0.5, 0.6) is 0 Å². The average molecular weight is 352 g/mol. The van der Waals surface area contributed by atoms with Crippen molar-refractivity contribution in [3.05, 3.63) is 28.8 Å². The zero-order valence-corrected chi connectivity index (χ0v) is 13.2. The SMILES string of the molecule is Cc1cc(C(=S)NCCBr)c(C)cc1SOOO. The largest absolute Gasteiger partial charge is 0.375 e. The molecule has 0 amide bonds. The molecule has 0 unspecified atom stereocenters. The van der Waals surface area contributed by atoms with Gasteiger partial charge in [0.15, 0.2) is 0 Å². The van der Waals surface area contributed by atoms with E-state index in [0.717, 1.165) is 50.5 Å². The second-order valence-electron chi connectivity index (χ2n) is 3.60. The molecule has 7 heteroatoms. The Labute approximate surface area is 124 Å². The Morgan fingerprint density at radius 3 is 2.78 bits per heavy atom. The van der Waals surface area contributed by atoms with E-state index in [4.69, 9.17) is 17.5 Å². The van der Waals surface area contributed by atoms with Crippen LogP contribution in [-0.4, -0.2) is 22.1 Å². The summed E-state index contributed by atoms with van der Waals surface area (Å²) in [5.41, 5.74) is 3.04. The molecule has 2 N–H and O–H groups in total. The van der Waals surface area contributed by atoms with Crippen LogP contribution < -0.4 is 5.32 Å². The maximum atomic E-state index is 8.15. The van der Waals surface area contributed by atoms with Crippen LogP contribution in [0, 0.1) is 13.8 Å². The molecule has 1 rings (SSSR count). The number of aryl methyl sites for hydroxylation is 2. The lowest BCUT2D eigenvalue weighted by molar-refractivity contribution is -0.432. The Bertz CT molecular complexity index is 429. The summed E-state index contributed by atoms with van der Waals surface area (Å²) >= 11 is 9.63. The molecule has 0 radical (unpaired) electrons. The van der Waals surface area contributed by atoms with Crippen LogP contribution in [0.3, 0.4) is 0 Å². The molecule has 1 aromatic rings. The Morgan fingerprint density at radius 2 is 2.17 bits per heavy atom. The van der Waals surface area contributed by atoms with Gasteiger partial charge in [0.1, 0.15) is 4.99 Å². The van der Waals surface area contributed by atoms with Crippen LogP contribution in [0.15, 0.2) is 17.0 Å². The zero-order valence-electron chi connectivity index (χ0n) is 10.0. The Balaban J connectivity index is 2.88. The van der Waals surface area contributed by atoms with Crippen LogP contribution in [0.25, 0.3) is 0 Å². The van der Waals surface area contributed by atoms with Gasteiger partial charge in [-0.2, -0.15) is 0 Å². The van der Waals surface area contributed by atoms with Crippen molar-refractivity contribution in [3.63, 3.8) is 0 Å². The number of rotatable bonds is 6. The molecule has 18 heavy (non-hydrogen) atoms. The van der Waals surface area contributed by atoms with Crippen molar-refractivity contribution in [2.45, 2.75) is 18.7 Å². The fourth-order valence-corrected chi connectivity index (χ4v) is 2.47. The Kier molecular flexibility index (Phi) is 7.13. The molecule has 4 nitrogen and oxygen atoms in total. The van der Waals surface area contributed by atoms with E-state index < -0.39 is 0 Å². The van der Waals surface area contributed by atoms with E-state index in [1.807, 2.05) is 26.0 Å². The van der Waals surface area contributed by atoms with Crippen molar-refractivity contribution >= 4 is 45.2 Å². The maximum Gasteiger partial charge on any atom is 0.106 e. The van der Waals surface area contributed by atoms with Gasteiger partial charge in [-0.15, -0.1) is 4.33 Å². The molecular formula is C11H14BrNO3S2. The summed E-state index contributed by atoms with van der Waals surface area (Å²) in [6, 6.07) is 3.93. The van der Waals surface area contributed by atoms with E-state index in [1.165, 1.54) is 0 Å². The van der Waals surface area contributed by atoms with Gasteiger partial charge in [0.05, 0.1) is 12.0 Å². The predicted octanol–water partition coefficient (Wildman–Crippen LogP) is 3.39. The maximum absolute atomic E-state index is 8.15. The quantitative estimate of drug-likeness (QED) is 0.269. The van der Waals surface area contributed by atoms with E-state index in [9.17, 15) is 0 Å². The minimum Gasteiger partial charge on any atom is -0.375 e. The standard InChI is InChI=1S/C11H14BrNO3S2/c1-7-6-10(18-16-15-14)8(2)5-9(7)11(17)13-4-3-12/h5-6,14H,3-4H2,1-2H3,(H,13,17). The second-order valence-corrected chi connectivity index (χ2v) is 5.55. The lowest BCUT2D eigenvalue weighted by Crippen LogP contribution is -2.25. The van der Waals surface area contributed by atoms with Gasteiger partial charge < -0.3 is 5.32 Å². The van der Waals surface area contributed by atoms with Gasteiger partial charge in [-0.3, -0.25) is 0 Å². The molecule has 0 aliphatic heterocycles. The first-order valence-corrected chi connectivity index (χ1v) is 7.47. The number of halogens is 1. The highest BCUT2D eigenvalue weighted by Crippen LogP contribution is 2.26. The Hall–Kier alpha value is -0.180. The highest BCUT2D eigenvalue weighted by atomic mass is 79.9. The molecule has 1 aromatic carbocycles. The molecule has 0 aliphatic rings. The number of alkyl halides is 1. The van der Waals surface area contributed by atoms with Crippen LogP contribution in [0.4, 0.5) is 0 Å². The first-order chi connectivity index (χ1) is 8.60. The van der Waals surface area contributed by atoms with Crippen LogP contribution in [0.1, 0.15) is 16.7 Å². The summed E-state index contributed by atoms with van der Waals surface area (Å²) in [5, 5.41) is 15.7. The topological polar surface area (TPSA) is 50.7 Å². The van der Waals surface area contributed by atoms with Crippen molar-refractivity contribution in [1.82, 2.24) is 5.32 Å². The number of benzene rings is 1. The van der Waals surface area contributed by atoms with Crippen molar-refractivity contribution < 1.29 is 14.6 Å². The molecule has 0 saturated carbocycles. The van der Waals surface area contributed by atoms with E-state index in [-0.39, 0.29) is 0 Å². The van der Waals surface area contributed by atoms with Gasteiger partial charge in [0.2, 0.25) is 0 Å². The van der Waals surface area contributed by atoms with Crippen molar-refractivity contribution in [2.75, 3.05) is 11.9 Å². The van der Waals surface area contributed by atoms with E-state index in [1.54, 1.807) is 0 Å². The number of hydrogen-bond donors (Lipinski definition) is 2. The number of thiocarbonyl (C=S) groups is 1. The highest BCUT2D eigenvalue weighted by molar-refractivity contribution is 9.09. The first-order valence-electron chi connectivity index (χ1n) is 5.20. The molecule has 0 heterocycles. The lowest BCUT2D eigenvalue weighted by atomic mass is 10.1. The van der Waals surface area contributed by atoms with Gasteiger partial charge in [-0.05, 0) is 37.1 Å². The molecule has 0 saturated heterocycles. The normalized spacial score (nSPS) is 10.4. The van der Waals surface area contributed by atoms with Gasteiger partial charge in [0.25, 0.3) is 0 Å². The van der Waals surface area contributed by atoms with Crippen molar-refractivity contribution in [1.29, 1.82) is 0 Å². The monoisotopic (exact) mass is 351 g/mol. The highest BCUT2D eigenvalue weighted by Gasteiger charge is 2.09. The minimum atomic E-state index is 0.728. The minimum absolute atomic E-state index is 0.728. The van der Waals surface area contributed by atoms with E-state index >= 15 is 0 Å². The number of hydrogen-bond acceptors (Lipinski definition) is 5. The van der Waals surface area contributed by atoms with Gasteiger partial charge >= 0.3 is 0 Å². The van der Waals surface area contributed by atoms with E-state index in [2.05, 4.69) is 30.6 Å². The average Bonchev–Trinajstić information content (AvgIpc) is 2.36. The van der Waals surface area contributed by atoms with Crippen LogP contribution >= 0.6 is 40.2 Å². The van der Waals surface area contributed by atoms with E-state index in [0.29, 0.717) is 0 Å². The van der Waals surface area contributed by atoms with Gasteiger partial charge in [-0.25, -0.2) is 5.26 Å². The Morgan fingerprint density at radius 1 is 1.44 bits per heavy atom. The molecule has 0 aliphatic carbocycles. The summed E-state index contributed by atoms with van der Waals surface area (Å²) in [7, 11) is 0. The van der Waals surface area contributed by atoms with Crippen LogP contribution in [-0.2, 0) is 9.37 Å².